The first-order chi connectivity index (χ1) is 26.5. The van der Waals surface area contributed by atoms with Crippen molar-refractivity contribution in [2.24, 2.45) is 11.8 Å². The van der Waals surface area contributed by atoms with Gasteiger partial charge in [-0.3, -0.25) is 0 Å². The zero-order valence-corrected chi connectivity index (χ0v) is 30.7. The van der Waals surface area contributed by atoms with E-state index in [1.807, 2.05) is 0 Å². The molecule has 0 saturated heterocycles. The van der Waals surface area contributed by atoms with Gasteiger partial charge in [0.2, 0.25) is 0 Å². The monoisotopic (exact) mass is 691 g/mol. The maximum Gasteiger partial charge on any atom is 0.0464 e. The molecule has 0 heterocycles. The first-order valence-corrected chi connectivity index (χ1v) is 19.1. The van der Waals surface area contributed by atoms with Crippen molar-refractivity contribution in [3.05, 3.63) is 217 Å². The second-order valence-corrected chi connectivity index (χ2v) is 15.3. The number of anilines is 2. The van der Waals surface area contributed by atoms with E-state index in [9.17, 15) is 0 Å². The molecule has 0 aromatic heterocycles. The molecule has 2 unspecified atom stereocenters. The van der Waals surface area contributed by atoms with Gasteiger partial charge in [0.15, 0.2) is 0 Å². The van der Waals surface area contributed by atoms with Gasteiger partial charge in [0.1, 0.15) is 0 Å². The predicted octanol–water partition coefficient (Wildman–Crippen LogP) is 14.1. The number of rotatable bonds is 6. The van der Waals surface area contributed by atoms with Crippen molar-refractivity contribution in [3.63, 3.8) is 0 Å². The Morgan fingerprint density at radius 3 is 1.91 bits per heavy atom. The van der Waals surface area contributed by atoms with Gasteiger partial charge < -0.3 is 4.90 Å². The average Bonchev–Trinajstić information content (AvgIpc) is 3.46. The van der Waals surface area contributed by atoms with E-state index in [2.05, 4.69) is 219 Å². The summed E-state index contributed by atoms with van der Waals surface area (Å²) in [5.41, 5.74) is 16.3. The molecule has 3 aliphatic carbocycles. The summed E-state index contributed by atoms with van der Waals surface area (Å²) in [4.78, 5) is 2.44. The smallest absolute Gasteiger partial charge is 0.0464 e. The lowest BCUT2D eigenvalue weighted by atomic mass is 9.82. The molecule has 7 aromatic carbocycles. The number of hydrogen-bond acceptors (Lipinski definition) is 1. The first kappa shape index (κ1) is 32.2. The fourth-order valence-electron chi connectivity index (χ4n) is 8.96. The second kappa shape index (κ2) is 12.9. The highest BCUT2D eigenvalue weighted by Crippen LogP contribution is 2.50. The van der Waals surface area contributed by atoms with Crippen LogP contribution in [0.25, 0.3) is 55.3 Å². The van der Waals surface area contributed by atoms with Gasteiger partial charge in [-0.05, 0) is 96.7 Å². The highest BCUT2D eigenvalue weighted by molar-refractivity contribution is 6.04. The van der Waals surface area contributed by atoms with Crippen LogP contribution in [-0.4, -0.2) is 0 Å². The van der Waals surface area contributed by atoms with Crippen LogP contribution in [0.1, 0.15) is 25.0 Å². The summed E-state index contributed by atoms with van der Waals surface area (Å²) in [6.07, 6.45) is 16.1. The lowest BCUT2D eigenvalue weighted by Crippen LogP contribution is -2.22. The molecular weight excluding hydrogens is 651 g/mol. The van der Waals surface area contributed by atoms with Crippen LogP contribution in [0.3, 0.4) is 0 Å². The molecule has 1 heteroatoms. The van der Waals surface area contributed by atoms with Gasteiger partial charge in [0.25, 0.3) is 0 Å². The lowest BCUT2D eigenvalue weighted by molar-refractivity contribution is 0.652. The minimum atomic E-state index is -0.0723. The topological polar surface area (TPSA) is 3.24 Å². The molecule has 1 nitrogen and oxygen atoms in total. The van der Waals surface area contributed by atoms with Crippen molar-refractivity contribution in [2.45, 2.75) is 19.3 Å². The van der Waals surface area contributed by atoms with E-state index in [4.69, 9.17) is 0 Å². The molecule has 54 heavy (non-hydrogen) atoms. The van der Waals surface area contributed by atoms with Crippen molar-refractivity contribution >= 4 is 22.1 Å². The predicted molar refractivity (Wildman–Crippen MR) is 229 cm³/mol. The second-order valence-electron chi connectivity index (χ2n) is 15.3. The van der Waals surface area contributed by atoms with Crippen molar-refractivity contribution < 1.29 is 0 Å². The van der Waals surface area contributed by atoms with Crippen LogP contribution in [0.4, 0.5) is 11.4 Å². The normalized spacial score (nSPS) is 17.5. The Hall–Kier alpha value is -6.44. The summed E-state index contributed by atoms with van der Waals surface area (Å²) < 4.78 is 0. The molecule has 2 atom stereocenters. The Balaban J connectivity index is 1.01. The maximum absolute atomic E-state index is 2.44. The van der Waals surface area contributed by atoms with Crippen LogP contribution in [0.5, 0.6) is 0 Å². The number of hydrogen-bond donors (Lipinski definition) is 0. The number of fused-ring (bicyclic) bond motifs is 5. The first-order valence-electron chi connectivity index (χ1n) is 19.1. The van der Waals surface area contributed by atoms with Gasteiger partial charge in [-0.15, -0.1) is 0 Å². The minimum absolute atomic E-state index is 0.0723. The van der Waals surface area contributed by atoms with E-state index in [-0.39, 0.29) is 5.41 Å². The zero-order chi connectivity index (χ0) is 36.2. The summed E-state index contributed by atoms with van der Waals surface area (Å²) in [6.45, 7) is 4.72. The van der Waals surface area contributed by atoms with Crippen molar-refractivity contribution in [1.82, 2.24) is 0 Å². The third-order valence-electron chi connectivity index (χ3n) is 11.8. The van der Waals surface area contributed by atoms with E-state index in [0.717, 1.165) is 5.69 Å². The Bertz CT molecular complexity index is 2670. The molecule has 0 fully saturated rings. The number of allylic oxidation sites excluding steroid dienone is 7. The highest BCUT2D eigenvalue weighted by atomic mass is 15.1. The molecule has 10 rings (SSSR count). The number of benzene rings is 7. The lowest BCUT2D eigenvalue weighted by Gasteiger charge is -2.32. The quantitative estimate of drug-likeness (QED) is 0.168. The third-order valence-corrected chi connectivity index (χ3v) is 11.8. The van der Waals surface area contributed by atoms with Crippen molar-refractivity contribution in [3.8, 4) is 44.5 Å². The molecule has 0 radical (unpaired) electrons. The largest absolute Gasteiger partial charge is 0.311 e. The van der Waals surface area contributed by atoms with Gasteiger partial charge in [-0.25, -0.2) is 0 Å². The number of nitrogens with zero attached hydrogens (tertiary/aromatic N) is 1. The molecule has 0 amide bonds. The molecule has 3 aliphatic rings. The minimum Gasteiger partial charge on any atom is -0.311 e. The van der Waals surface area contributed by atoms with Crippen LogP contribution in [-0.2, 0) is 5.41 Å². The highest BCUT2D eigenvalue weighted by Gasteiger charge is 2.36. The van der Waals surface area contributed by atoms with E-state index < -0.39 is 0 Å². The zero-order valence-electron chi connectivity index (χ0n) is 30.7. The molecular formula is C53H41N. The van der Waals surface area contributed by atoms with Gasteiger partial charge >= 0.3 is 0 Å². The summed E-state index contributed by atoms with van der Waals surface area (Å²) in [5, 5.41) is 2.53. The van der Waals surface area contributed by atoms with Crippen molar-refractivity contribution in [1.29, 1.82) is 0 Å². The van der Waals surface area contributed by atoms with Gasteiger partial charge in [0.05, 0.1) is 0 Å². The standard InChI is InChI=1S/C53H41N/c1-53(2)50-19-11-10-18-48(50)49-33-31-45(35-51(49)53)54(44-30-26-36-12-6-7-16-42(36)34-44)43-28-24-38(25-29-43)37-20-22-40(23-21-37)47-32-27-39-13-8-9-17-46(39)52(47)41-14-4-3-5-15-41/h3-36,42H,1-2H3. The van der Waals surface area contributed by atoms with E-state index >= 15 is 0 Å². The summed E-state index contributed by atoms with van der Waals surface area (Å²) >= 11 is 0. The van der Waals surface area contributed by atoms with Crippen LogP contribution in [0.15, 0.2) is 206 Å². The van der Waals surface area contributed by atoms with E-state index in [1.165, 1.54) is 77.8 Å². The van der Waals surface area contributed by atoms with Gasteiger partial charge in [-0.1, -0.05) is 184 Å². The molecule has 0 saturated carbocycles. The Morgan fingerprint density at radius 2 is 1.09 bits per heavy atom. The summed E-state index contributed by atoms with van der Waals surface area (Å²) in [6, 6.07) is 58.1. The Kier molecular flexibility index (Phi) is 7.70. The molecule has 258 valence electrons. The Morgan fingerprint density at radius 1 is 0.463 bits per heavy atom. The Labute approximate surface area is 318 Å². The summed E-state index contributed by atoms with van der Waals surface area (Å²) in [5.74, 6) is 0.744. The third kappa shape index (κ3) is 5.39. The summed E-state index contributed by atoms with van der Waals surface area (Å²) in [7, 11) is 0. The molecule has 7 aromatic rings. The van der Waals surface area contributed by atoms with Gasteiger partial charge in [0, 0.05) is 34.3 Å². The maximum atomic E-state index is 2.44. The average molecular weight is 692 g/mol. The molecule has 0 bridgehead atoms. The van der Waals surface area contributed by atoms with Gasteiger partial charge in [-0.2, -0.15) is 0 Å². The SMILES string of the molecule is CC1(C)c2ccccc2-c2ccc(N(C3=CC4C=CC=CC4C=C3)c3ccc(-c4ccc(-c5ccc6ccccc6c5-c5ccccc5)cc4)cc3)cc21. The fourth-order valence-corrected chi connectivity index (χ4v) is 8.96. The van der Waals surface area contributed by atoms with Crippen LogP contribution in [0, 0.1) is 11.8 Å². The molecule has 0 N–H and O–H groups in total. The molecule has 0 aliphatic heterocycles. The van der Waals surface area contributed by atoms with E-state index in [0.29, 0.717) is 11.8 Å². The van der Waals surface area contributed by atoms with Crippen LogP contribution < -0.4 is 4.90 Å². The van der Waals surface area contributed by atoms with Crippen LogP contribution >= 0.6 is 0 Å². The fraction of sp³-hybridized carbons (Fsp3) is 0.0943. The van der Waals surface area contributed by atoms with Crippen molar-refractivity contribution in [2.75, 3.05) is 4.90 Å². The van der Waals surface area contributed by atoms with Crippen LogP contribution in [0.2, 0.25) is 0 Å². The van der Waals surface area contributed by atoms with E-state index in [1.54, 1.807) is 0 Å². The molecule has 0 spiro atoms.